The number of thioether (sulfide) groups is 1. The van der Waals surface area contributed by atoms with Crippen molar-refractivity contribution in [3.8, 4) is 0 Å². The zero-order valence-corrected chi connectivity index (χ0v) is 13.1. The molecule has 1 rings (SSSR count). The van der Waals surface area contributed by atoms with Crippen LogP contribution < -0.4 is 5.32 Å². The lowest BCUT2D eigenvalue weighted by Crippen LogP contribution is -2.16. The minimum atomic E-state index is 0.836. The second-order valence-corrected chi connectivity index (χ2v) is 5.82. The topological polar surface area (TPSA) is 55.6 Å². The second-order valence-electron chi connectivity index (χ2n) is 4.76. The van der Waals surface area contributed by atoms with E-state index in [0.29, 0.717) is 0 Å². The first-order valence-electron chi connectivity index (χ1n) is 7.42. The highest BCUT2D eigenvalue weighted by molar-refractivity contribution is 7.99. The number of rotatable bonds is 12. The molecule has 1 N–H and O–H groups in total. The normalized spacial score (nSPS) is 11.1. The Kier molecular flexibility index (Phi) is 9.71. The predicted molar refractivity (Wildman–Crippen MR) is 80.5 cm³/mol. The van der Waals surface area contributed by atoms with E-state index in [9.17, 15) is 0 Å². The molecule has 19 heavy (non-hydrogen) atoms. The van der Waals surface area contributed by atoms with E-state index in [0.717, 1.165) is 24.0 Å². The molecule has 0 saturated heterocycles. The zero-order chi connectivity index (χ0) is 13.8. The Labute approximate surface area is 120 Å². The Morgan fingerprint density at radius 1 is 1.11 bits per heavy atom. The van der Waals surface area contributed by atoms with Gasteiger partial charge in [-0.25, -0.2) is 4.68 Å². The third-order valence-corrected chi connectivity index (χ3v) is 4.10. The molecule has 0 aliphatic heterocycles. The first kappa shape index (κ1) is 16.4. The zero-order valence-electron chi connectivity index (χ0n) is 12.3. The molecule has 0 aliphatic rings. The van der Waals surface area contributed by atoms with E-state index in [2.05, 4.69) is 27.8 Å². The molecule has 0 unspecified atom stereocenters. The van der Waals surface area contributed by atoms with Crippen molar-refractivity contribution >= 4 is 11.8 Å². The van der Waals surface area contributed by atoms with E-state index in [-0.39, 0.29) is 0 Å². The first-order chi connectivity index (χ1) is 9.38. The van der Waals surface area contributed by atoms with Crippen molar-refractivity contribution in [2.75, 3.05) is 19.3 Å². The van der Waals surface area contributed by atoms with E-state index in [1.54, 1.807) is 11.8 Å². The van der Waals surface area contributed by atoms with Crippen LogP contribution in [-0.2, 0) is 6.54 Å². The summed E-state index contributed by atoms with van der Waals surface area (Å²) in [5.41, 5.74) is 0. The van der Waals surface area contributed by atoms with Crippen LogP contribution in [-0.4, -0.2) is 39.6 Å². The summed E-state index contributed by atoms with van der Waals surface area (Å²) in [4.78, 5) is 0. The third-order valence-electron chi connectivity index (χ3n) is 3.05. The van der Waals surface area contributed by atoms with Gasteiger partial charge in [-0.2, -0.15) is 0 Å². The third kappa shape index (κ3) is 7.52. The van der Waals surface area contributed by atoms with Crippen molar-refractivity contribution in [1.82, 2.24) is 25.5 Å². The van der Waals surface area contributed by atoms with E-state index in [4.69, 9.17) is 0 Å². The standard InChI is InChI=1S/C13H27N5S/c1-3-4-5-6-7-8-9-12-19-13-15-16-17-18(13)11-10-14-2/h14H,3-12H2,1-2H3. The molecule has 0 aromatic carbocycles. The highest BCUT2D eigenvalue weighted by Gasteiger charge is 2.05. The minimum Gasteiger partial charge on any atom is -0.318 e. The number of unbranched alkanes of at least 4 members (excludes halogenated alkanes) is 6. The summed E-state index contributed by atoms with van der Waals surface area (Å²) in [5.74, 6) is 1.12. The predicted octanol–water partition coefficient (Wildman–Crippen LogP) is 2.74. The lowest BCUT2D eigenvalue weighted by molar-refractivity contribution is 0.529. The molecule has 0 amide bonds. The van der Waals surface area contributed by atoms with Crippen LogP contribution in [0, 0.1) is 0 Å². The van der Waals surface area contributed by atoms with Gasteiger partial charge in [-0.05, 0) is 23.9 Å². The van der Waals surface area contributed by atoms with Crippen molar-refractivity contribution < 1.29 is 0 Å². The summed E-state index contributed by atoms with van der Waals surface area (Å²) >= 11 is 1.77. The van der Waals surface area contributed by atoms with Gasteiger partial charge in [-0.15, -0.1) is 5.10 Å². The fraction of sp³-hybridized carbons (Fsp3) is 0.923. The number of nitrogens with one attached hydrogen (secondary N) is 1. The molecule has 0 aliphatic carbocycles. The molecule has 1 heterocycles. The van der Waals surface area contributed by atoms with E-state index in [1.165, 1.54) is 44.9 Å². The summed E-state index contributed by atoms with van der Waals surface area (Å²) in [7, 11) is 1.94. The molecule has 6 heteroatoms. The maximum atomic E-state index is 4.06. The average molecular weight is 285 g/mol. The second kappa shape index (κ2) is 11.2. The van der Waals surface area contributed by atoms with Gasteiger partial charge in [-0.3, -0.25) is 0 Å². The lowest BCUT2D eigenvalue weighted by Gasteiger charge is -2.04. The van der Waals surface area contributed by atoms with Gasteiger partial charge in [-0.1, -0.05) is 57.2 Å². The maximum Gasteiger partial charge on any atom is 0.209 e. The summed E-state index contributed by atoms with van der Waals surface area (Å²) in [6.07, 6.45) is 9.44. The van der Waals surface area contributed by atoms with Gasteiger partial charge >= 0.3 is 0 Å². The van der Waals surface area contributed by atoms with Crippen molar-refractivity contribution in [2.45, 2.75) is 63.6 Å². The van der Waals surface area contributed by atoms with Crippen LogP contribution in [0.1, 0.15) is 51.9 Å². The maximum absolute atomic E-state index is 4.06. The lowest BCUT2D eigenvalue weighted by atomic mass is 10.1. The molecule has 0 saturated carbocycles. The van der Waals surface area contributed by atoms with Gasteiger partial charge in [0.2, 0.25) is 5.16 Å². The van der Waals surface area contributed by atoms with E-state index >= 15 is 0 Å². The molecule has 0 spiro atoms. The Morgan fingerprint density at radius 2 is 1.84 bits per heavy atom. The molecule has 0 radical (unpaired) electrons. The van der Waals surface area contributed by atoms with E-state index in [1.807, 2.05) is 11.7 Å². The summed E-state index contributed by atoms with van der Waals surface area (Å²) in [5, 5.41) is 15.9. The fourth-order valence-electron chi connectivity index (χ4n) is 1.88. The number of likely N-dealkylation sites (N-methyl/N-ethyl adjacent to an activating group) is 1. The first-order valence-corrected chi connectivity index (χ1v) is 8.40. The largest absolute Gasteiger partial charge is 0.318 e. The Balaban J connectivity index is 2.04. The Hall–Kier alpha value is -0.620. The van der Waals surface area contributed by atoms with Crippen molar-refractivity contribution in [3.05, 3.63) is 0 Å². The van der Waals surface area contributed by atoms with Gasteiger partial charge in [0.15, 0.2) is 0 Å². The quantitative estimate of drug-likeness (QED) is 0.473. The smallest absolute Gasteiger partial charge is 0.209 e. The van der Waals surface area contributed by atoms with Crippen LogP contribution in [0.5, 0.6) is 0 Å². The molecule has 0 atom stereocenters. The average Bonchev–Trinajstić information content (AvgIpc) is 2.87. The monoisotopic (exact) mass is 285 g/mol. The molecular weight excluding hydrogens is 258 g/mol. The molecule has 0 fully saturated rings. The van der Waals surface area contributed by atoms with Crippen molar-refractivity contribution in [3.63, 3.8) is 0 Å². The number of tetrazole rings is 1. The van der Waals surface area contributed by atoms with Crippen LogP contribution in [0.3, 0.4) is 0 Å². The van der Waals surface area contributed by atoms with Crippen LogP contribution in [0.2, 0.25) is 0 Å². The van der Waals surface area contributed by atoms with E-state index < -0.39 is 0 Å². The van der Waals surface area contributed by atoms with Gasteiger partial charge in [0, 0.05) is 12.3 Å². The number of aromatic nitrogens is 4. The number of nitrogens with zero attached hydrogens (tertiary/aromatic N) is 4. The van der Waals surface area contributed by atoms with Crippen LogP contribution in [0.25, 0.3) is 0 Å². The van der Waals surface area contributed by atoms with Crippen LogP contribution in [0.15, 0.2) is 5.16 Å². The van der Waals surface area contributed by atoms with Crippen LogP contribution in [0.4, 0.5) is 0 Å². The fourth-order valence-corrected chi connectivity index (χ4v) is 2.78. The Bertz CT molecular complexity index is 316. The number of hydrogen-bond acceptors (Lipinski definition) is 5. The van der Waals surface area contributed by atoms with Gasteiger partial charge in [0.05, 0.1) is 6.54 Å². The highest BCUT2D eigenvalue weighted by Crippen LogP contribution is 2.16. The minimum absolute atomic E-state index is 0.836. The summed E-state index contributed by atoms with van der Waals surface area (Å²) in [6, 6.07) is 0. The summed E-state index contributed by atoms with van der Waals surface area (Å²) in [6.45, 7) is 3.99. The molecule has 1 aromatic heterocycles. The SMILES string of the molecule is CCCCCCCCCSc1nnnn1CCNC. The highest BCUT2D eigenvalue weighted by atomic mass is 32.2. The Morgan fingerprint density at radius 3 is 2.58 bits per heavy atom. The summed E-state index contributed by atoms with van der Waals surface area (Å²) < 4.78 is 1.88. The molecule has 1 aromatic rings. The molecule has 5 nitrogen and oxygen atoms in total. The van der Waals surface area contributed by atoms with Crippen molar-refractivity contribution in [1.29, 1.82) is 0 Å². The van der Waals surface area contributed by atoms with Gasteiger partial charge in [0.1, 0.15) is 0 Å². The van der Waals surface area contributed by atoms with Crippen LogP contribution >= 0.6 is 11.8 Å². The molecular formula is C13H27N5S. The molecule has 110 valence electrons. The van der Waals surface area contributed by atoms with Crippen molar-refractivity contribution in [2.24, 2.45) is 0 Å². The van der Waals surface area contributed by atoms with Gasteiger partial charge < -0.3 is 5.32 Å². The molecule has 0 bridgehead atoms. The van der Waals surface area contributed by atoms with Gasteiger partial charge in [0.25, 0.3) is 0 Å². The number of hydrogen-bond donors (Lipinski definition) is 1.